The Hall–Kier alpha value is -2.35. The number of amides is 2. The first-order valence-electron chi connectivity index (χ1n) is 8.28. The zero-order valence-electron chi connectivity index (χ0n) is 13.1. The number of likely N-dealkylation sites (tertiary alicyclic amines) is 2. The minimum Gasteiger partial charge on any atom is -0.327 e. The summed E-state index contributed by atoms with van der Waals surface area (Å²) >= 11 is 0. The molecule has 3 rings (SSSR count). The molecule has 1 aromatic rings. The molecule has 120 valence electrons. The number of piperidine rings is 1. The number of carbonyl (C=O) groups excluding carboxylic acids is 2. The SMILES string of the molecule is N#C[C@@H]1CCCN1C(=O)C1CCCCN1C(=O)c1ccccc1. The number of hydrogen-bond acceptors (Lipinski definition) is 3. The molecule has 5 nitrogen and oxygen atoms in total. The Morgan fingerprint density at radius 1 is 1.00 bits per heavy atom. The third-order valence-corrected chi connectivity index (χ3v) is 4.75. The fourth-order valence-corrected chi connectivity index (χ4v) is 3.53. The van der Waals surface area contributed by atoms with Gasteiger partial charge >= 0.3 is 0 Å². The van der Waals surface area contributed by atoms with Gasteiger partial charge in [-0.25, -0.2) is 0 Å². The lowest BCUT2D eigenvalue weighted by Gasteiger charge is -2.37. The van der Waals surface area contributed by atoms with Gasteiger partial charge < -0.3 is 9.80 Å². The molecule has 0 N–H and O–H groups in total. The first-order valence-corrected chi connectivity index (χ1v) is 8.28. The zero-order chi connectivity index (χ0) is 16.2. The standard InChI is InChI=1S/C18H21N3O2/c19-13-15-9-6-12-20(15)18(23)16-10-4-5-11-21(16)17(22)14-7-2-1-3-8-14/h1-3,7-8,15-16H,4-6,9-12H2/t15-,16?/m0/s1. The summed E-state index contributed by atoms with van der Waals surface area (Å²) < 4.78 is 0. The Morgan fingerprint density at radius 3 is 2.48 bits per heavy atom. The largest absolute Gasteiger partial charge is 0.327 e. The summed E-state index contributed by atoms with van der Waals surface area (Å²) in [6, 6.07) is 10.6. The van der Waals surface area contributed by atoms with Crippen LogP contribution in [0.5, 0.6) is 0 Å². The monoisotopic (exact) mass is 311 g/mol. The number of nitriles is 1. The number of carbonyl (C=O) groups is 2. The van der Waals surface area contributed by atoms with E-state index in [1.54, 1.807) is 21.9 Å². The number of rotatable bonds is 2. The molecule has 0 spiro atoms. The van der Waals surface area contributed by atoms with Gasteiger partial charge in [-0.3, -0.25) is 9.59 Å². The van der Waals surface area contributed by atoms with Crippen molar-refractivity contribution in [3.8, 4) is 6.07 Å². The van der Waals surface area contributed by atoms with E-state index in [1.807, 2.05) is 18.2 Å². The third-order valence-electron chi connectivity index (χ3n) is 4.75. The minimum atomic E-state index is -0.426. The molecule has 0 saturated carbocycles. The molecule has 1 aromatic carbocycles. The van der Waals surface area contributed by atoms with Crippen molar-refractivity contribution >= 4 is 11.8 Å². The maximum absolute atomic E-state index is 12.9. The quantitative estimate of drug-likeness (QED) is 0.841. The van der Waals surface area contributed by atoms with Crippen LogP contribution in [0.2, 0.25) is 0 Å². The fraction of sp³-hybridized carbons (Fsp3) is 0.500. The van der Waals surface area contributed by atoms with E-state index in [0.29, 0.717) is 25.1 Å². The van der Waals surface area contributed by atoms with E-state index in [2.05, 4.69) is 6.07 Å². The molecule has 2 amide bonds. The molecule has 0 aliphatic carbocycles. The van der Waals surface area contributed by atoms with Crippen molar-refractivity contribution in [1.29, 1.82) is 5.26 Å². The van der Waals surface area contributed by atoms with Crippen LogP contribution in [0, 0.1) is 11.3 Å². The number of nitrogens with zero attached hydrogens (tertiary/aromatic N) is 3. The summed E-state index contributed by atoms with van der Waals surface area (Å²) in [6.45, 7) is 1.23. The predicted molar refractivity (Wildman–Crippen MR) is 85.5 cm³/mol. The molecule has 2 heterocycles. The molecule has 2 aliphatic rings. The van der Waals surface area contributed by atoms with Crippen LogP contribution in [0.4, 0.5) is 0 Å². The van der Waals surface area contributed by atoms with Gasteiger partial charge in [0.2, 0.25) is 5.91 Å². The first kappa shape index (κ1) is 15.5. The highest BCUT2D eigenvalue weighted by atomic mass is 16.2. The number of hydrogen-bond donors (Lipinski definition) is 0. The molecule has 2 atom stereocenters. The summed E-state index contributed by atoms with van der Waals surface area (Å²) in [4.78, 5) is 29.0. The van der Waals surface area contributed by atoms with Crippen molar-refractivity contribution in [2.75, 3.05) is 13.1 Å². The van der Waals surface area contributed by atoms with Gasteiger partial charge in [-0.15, -0.1) is 0 Å². The molecule has 2 fully saturated rings. The van der Waals surface area contributed by atoms with Gasteiger partial charge in [-0.05, 0) is 44.2 Å². The molecule has 23 heavy (non-hydrogen) atoms. The van der Waals surface area contributed by atoms with Gasteiger partial charge in [0, 0.05) is 18.7 Å². The highest BCUT2D eigenvalue weighted by Crippen LogP contribution is 2.25. The van der Waals surface area contributed by atoms with E-state index in [4.69, 9.17) is 0 Å². The lowest BCUT2D eigenvalue weighted by Crippen LogP contribution is -2.53. The van der Waals surface area contributed by atoms with Crippen molar-refractivity contribution in [2.45, 2.75) is 44.2 Å². The first-order chi connectivity index (χ1) is 11.2. The molecule has 2 saturated heterocycles. The van der Waals surface area contributed by atoms with Crippen LogP contribution in [0.1, 0.15) is 42.5 Å². The minimum absolute atomic E-state index is 0.0574. The Labute approximate surface area is 136 Å². The molecule has 2 aliphatic heterocycles. The summed E-state index contributed by atoms with van der Waals surface area (Å²) in [7, 11) is 0. The van der Waals surface area contributed by atoms with Crippen LogP contribution in [-0.2, 0) is 4.79 Å². The van der Waals surface area contributed by atoms with E-state index < -0.39 is 6.04 Å². The van der Waals surface area contributed by atoms with Gasteiger partial charge in [0.05, 0.1) is 6.07 Å². The van der Waals surface area contributed by atoms with Gasteiger partial charge in [0.15, 0.2) is 0 Å². The molecular formula is C18H21N3O2. The summed E-state index contributed by atoms with van der Waals surface area (Å²) in [5.41, 5.74) is 0.616. The van der Waals surface area contributed by atoms with Crippen LogP contribution >= 0.6 is 0 Å². The topological polar surface area (TPSA) is 64.4 Å². The second kappa shape index (κ2) is 6.82. The maximum Gasteiger partial charge on any atom is 0.254 e. The Kier molecular flexibility index (Phi) is 4.61. The van der Waals surface area contributed by atoms with Gasteiger partial charge in [0.25, 0.3) is 5.91 Å². The predicted octanol–water partition coefficient (Wildman–Crippen LogP) is 2.20. The highest BCUT2D eigenvalue weighted by Gasteiger charge is 2.38. The van der Waals surface area contributed by atoms with Gasteiger partial charge in [-0.1, -0.05) is 18.2 Å². The smallest absolute Gasteiger partial charge is 0.254 e. The summed E-state index contributed by atoms with van der Waals surface area (Å²) in [5.74, 6) is -0.144. The van der Waals surface area contributed by atoms with Crippen molar-refractivity contribution < 1.29 is 9.59 Å². The zero-order valence-corrected chi connectivity index (χ0v) is 13.1. The molecule has 0 bridgehead atoms. The van der Waals surface area contributed by atoms with E-state index in [9.17, 15) is 14.9 Å². The van der Waals surface area contributed by atoms with Crippen LogP contribution in [-0.4, -0.2) is 46.8 Å². The van der Waals surface area contributed by atoms with E-state index in [-0.39, 0.29) is 17.9 Å². The summed E-state index contributed by atoms with van der Waals surface area (Å²) in [5, 5.41) is 9.21. The molecule has 0 radical (unpaired) electrons. The summed E-state index contributed by atoms with van der Waals surface area (Å²) in [6.07, 6.45) is 4.15. The van der Waals surface area contributed by atoms with Crippen molar-refractivity contribution in [1.82, 2.24) is 9.80 Å². The third kappa shape index (κ3) is 3.07. The fourth-order valence-electron chi connectivity index (χ4n) is 3.53. The van der Waals surface area contributed by atoms with E-state index >= 15 is 0 Å². The van der Waals surface area contributed by atoms with Crippen LogP contribution in [0.15, 0.2) is 30.3 Å². The molecule has 1 unspecified atom stereocenters. The Morgan fingerprint density at radius 2 is 1.74 bits per heavy atom. The van der Waals surface area contributed by atoms with Crippen molar-refractivity contribution in [2.24, 2.45) is 0 Å². The van der Waals surface area contributed by atoms with E-state index in [0.717, 1.165) is 25.7 Å². The normalized spacial score (nSPS) is 24.3. The molecule has 5 heteroatoms. The van der Waals surface area contributed by atoms with Crippen LogP contribution in [0.3, 0.4) is 0 Å². The van der Waals surface area contributed by atoms with Gasteiger partial charge in [-0.2, -0.15) is 5.26 Å². The van der Waals surface area contributed by atoms with E-state index in [1.165, 1.54) is 0 Å². The van der Waals surface area contributed by atoms with Gasteiger partial charge in [0.1, 0.15) is 12.1 Å². The van der Waals surface area contributed by atoms with Crippen LogP contribution < -0.4 is 0 Å². The lowest BCUT2D eigenvalue weighted by molar-refractivity contribution is -0.137. The van der Waals surface area contributed by atoms with Crippen molar-refractivity contribution in [3.05, 3.63) is 35.9 Å². The maximum atomic E-state index is 12.9. The Bertz CT molecular complexity index is 623. The molecular weight excluding hydrogens is 290 g/mol. The van der Waals surface area contributed by atoms with Crippen LogP contribution in [0.25, 0.3) is 0 Å². The second-order valence-corrected chi connectivity index (χ2v) is 6.19. The number of benzene rings is 1. The van der Waals surface area contributed by atoms with Crippen molar-refractivity contribution in [3.63, 3.8) is 0 Å². The average molecular weight is 311 g/mol. The highest BCUT2D eigenvalue weighted by molar-refractivity contribution is 5.97. The lowest BCUT2D eigenvalue weighted by atomic mass is 9.99. The average Bonchev–Trinajstić information content (AvgIpc) is 3.10. The second-order valence-electron chi connectivity index (χ2n) is 6.19. The Balaban J connectivity index is 1.80. The molecule has 0 aromatic heterocycles.